The second-order valence-electron chi connectivity index (χ2n) is 6.53. The molecule has 114 valence electrons. The van der Waals surface area contributed by atoms with Gasteiger partial charge < -0.3 is 10.0 Å². The van der Waals surface area contributed by atoms with Crippen LogP contribution in [0, 0.1) is 6.92 Å². The Morgan fingerprint density at radius 1 is 1.30 bits per heavy atom. The lowest BCUT2D eigenvalue weighted by Gasteiger charge is -2.43. The van der Waals surface area contributed by atoms with Gasteiger partial charge in [-0.3, -0.25) is 4.68 Å². The minimum Gasteiger partial charge on any atom is -0.391 e. The third-order valence-electron chi connectivity index (χ3n) is 4.98. The summed E-state index contributed by atoms with van der Waals surface area (Å²) in [6.07, 6.45) is 7.59. The van der Waals surface area contributed by atoms with Crippen LogP contribution in [0.3, 0.4) is 0 Å². The van der Waals surface area contributed by atoms with Gasteiger partial charge in [-0.15, -0.1) is 0 Å². The van der Waals surface area contributed by atoms with Crippen LogP contribution in [0.15, 0.2) is 6.07 Å². The highest BCUT2D eigenvalue weighted by Crippen LogP contribution is 2.35. The van der Waals surface area contributed by atoms with E-state index in [4.69, 9.17) is 0 Å². The van der Waals surface area contributed by atoms with E-state index in [0.717, 1.165) is 24.2 Å². The Morgan fingerprint density at radius 3 is 2.35 bits per heavy atom. The summed E-state index contributed by atoms with van der Waals surface area (Å²) < 4.78 is 1.90. The highest BCUT2D eigenvalue weighted by molar-refractivity contribution is 5.12. The molecule has 1 fully saturated rings. The van der Waals surface area contributed by atoms with E-state index in [1.807, 2.05) is 18.7 Å². The highest BCUT2D eigenvalue weighted by atomic mass is 16.3. The Kier molecular flexibility index (Phi) is 4.86. The number of likely N-dealkylation sites (N-methyl/N-ethyl adjacent to an activating group) is 1. The Balaban J connectivity index is 2.18. The summed E-state index contributed by atoms with van der Waals surface area (Å²) in [5.74, 6) is 0. The zero-order valence-electron chi connectivity index (χ0n) is 13.4. The average molecular weight is 279 g/mol. The maximum atomic E-state index is 10.9. The van der Waals surface area contributed by atoms with Crippen molar-refractivity contribution >= 4 is 0 Å². The van der Waals surface area contributed by atoms with Crippen LogP contribution in [0.2, 0.25) is 0 Å². The van der Waals surface area contributed by atoms with Crippen molar-refractivity contribution in [3.63, 3.8) is 0 Å². The summed E-state index contributed by atoms with van der Waals surface area (Å²) in [5, 5.41) is 15.3. The van der Waals surface area contributed by atoms with Gasteiger partial charge in [-0.05, 0) is 39.9 Å². The minimum absolute atomic E-state index is 0.0747. The fraction of sp³-hybridized carbons (Fsp3) is 0.812. The predicted molar refractivity (Wildman–Crippen MR) is 81.8 cm³/mol. The summed E-state index contributed by atoms with van der Waals surface area (Å²) in [6, 6.07) is 2.09. The molecular formula is C16H29N3O. The van der Waals surface area contributed by atoms with Gasteiger partial charge in [0.25, 0.3) is 0 Å². The van der Waals surface area contributed by atoms with E-state index in [1.54, 1.807) is 0 Å². The first-order chi connectivity index (χ1) is 9.45. The molecule has 20 heavy (non-hydrogen) atoms. The third kappa shape index (κ3) is 3.07. The number of nitrogens with zero attached hydrogens (tertiary/aromatic N) is 3. The molecular weight excluding hydrogens is 250 g/mol. The molecule has 4 nitrogen and oxygen atoms in total. The lowest BCUT2D eigenvalue weighted by molar-refractivity contribution is -0.0183. The molecule has 0 spiro atoms. The molecule has 0 saturated heterocycles. The van der Waals surface area contributed by atoms with E-state index in [-0.39, 0.29) is 11.6 Å². The maximum Gasteiger partial charge on any atom is 0.0778 e. The largest absolute Gasteiger partial charge is 0.391 e. The van der Waals surface area contributed by atoms with E-state index < -0.39 is 0 Å². The lowest BCUT2D eigenvalue weighted by atomic mass is 9.81. The Bertz CT molecular complexity index is 431. The summed E-state index contributed by atoms with van der Waals surface area (Å²) >= 11 is 0. The van der Waals surface area contributed by atoms with Crippen LogP contribution in [-0.2, 0) is 13.5 Å². The molecule has 0 radical (unpaired) electrons. The standard InChI is InChI=1S/C16H29N3O/c1-13-11-14(19(4)17-13)12-15(20)16(18(2)3)9-7-5-6-8-10-16/h11,15,20H,5-10,12H2,1-4H3. The summed E-state index contributed by atoms with van der Waals surface area (Å²) in [6.45, 7) is 2.00. The first-order valence-corrected chi connectivity index (χ1v) is 7.81. The van der Waals surface area contributed by atoms with Crippen molar-refractivity contribution in [2.75, 3.05) is 14.1 Å². The predicted octanol–water partition coefficient (Wildman–Crippen LogP) is 2.29. The van der Waals surface area contributed by atoms with Gasteiger partial charge in [-0.2, -0.15) is 5.10 Å². The number of aryl methyl sites for hydroxylation is 2. The molecule has 2 rings (SSSR count). The number of aliphatic hydroxyl groups excluding tert-OH is 1. The van der Waals surface area contributed by atoms with E-state index in [2.05, 4.69) is 30.2 Å². The smallest absolute Gasteiger partial charge is 0.0778 e. The van der Waals surface area contributed by atoms with Gasteiger partial charge in [-0.1, -0.05) is 25.7 Å². The summed E-state index contributed by atoms with van der Waals surface area (Å²) in [4.78, 5) is 2.26. The monoisotopic (exact) mass is 279 g/mol. The van der Waals surface area contributed by atoms with Crippen LogP contribution < -0.4 is 0 Å². The number of hydrogen-bond donors (Lipinski definition) is 1. The fourth-order valence-electron chi connectivity index (χ4n) is 3.66. The zero-order chi connectivity index (χ0) is 14.8. The normalized spacial score (nSPS) is 20.9. The van der Waals surface area contributed by atoms with Crippen LogP contribution in [0.1, 0.15) is 49.9 Å². The molecule has 1 heterocycles. The van der Waals surface area contributed by atoms with Gasteiger partial charge in [-0.25, -0.2) is 0 Å². The molecule has 1 N–H and O–H groups in total. The molecule has 1 unspecified atom stereocenters. The van der Waals surface area contributed by atoms with E-state index in [0.29, 0.717) is 6.42 Å². The van der Waals surface area contributed by atoms with Gasteiger partial charge in [0.05, 0.1) is 11.8 Å². The minimum atomic E-state index is -0.328. The SMILES string of the molecule is Cc1cc(CC(O)C2(N(C)C)CCCCCC2)n(C)n1. The molecule has 1 atom stereocenters. The molecule has 1 aliphatic carbocycles. The Hall–Kier alpha value is -0.870. The number of aromatic nitrogens is 2. The van der Waals surface area contributed by atoms with Gasteiger partial charge in [0.2, 0.25) is 0 Å². The zero-order valence-corrected chi connectivity index (χ0v) is 13.4. The second kappa shape index (κ2) is 6.27. The first-order valence-electron chi connectivity index (χ1n) is 7.81. The average Bonchev–Trinajstić information content (AvgIpc) is 2.60. The van der Waals surface area contributed by atoms with Crippen LogP contribution in [0.25, 0.3) is 0 Å². The molecule has 0 bridgehead atoms. The topological polar surface area (TPSA) is 41.3 Å². The van der Waals surface area contributed by atoms with Crippen molar-refractivity contribution in [3.8, 4) is 0 Å². The van der Waals surface area contributed by atoms with Crippen molar-refractivity contribution in [2.24, 2.45) is 7.05 Å². The number of hydrogen-bond acceptors (Lipinski definition) is 3. The third-order valence-corrected chi connectivity index (χ3v) is 4.98. The number of rotatable bonds is 4. The lowest BCUT2D eigenvalue weighted by Crippen LogP contribution is -2.54. The van der Waals surface area contributed by atoms with Crippen molar-refractivity contribution in [1.29, 1.82) is 0 Å². The number of aliphatic hydroxyl groups is 1. The van der Waals surface area contributed by atoms with Crippen molar-refractivity contribution < 1.29 is 5.11 Å². The molecule has 0 amide bonds. The van der Waals surface area contributed by atoms with Gasteiger partial charge in [0.1, 0.15) is 0 Å². The van der Waals surface area contributed by atoms with Gasteiger partial charge in [0, 0.05) is 24.7 Å². The highest BCUT2D eigenvalue weighted by Gasteiger charge is 2.40. The van der Waals surface area contributed by atoms with E-state index in [1.165, 1.54) is 25.7 Å². The molecule has 1 saturated carbocycles. The molecule has 0 aliphatic heterocycles. The van der Waals surface area contributed by atoms with Crippen molar-refractivity contribution in [2.45, 2.75) is 63.5 Å². The summed E-state index contributed by atoms with van der Waals surface area (Å²) in [5.41, 5.74) is 2.07. The molecule has 4 heteroatoms. The maximum absolute atomic E-state index is 10.9. The summed E-state index contributed by atoms with van der Waals surface area (Å²) in [7, 11) is 6.19. The second-order valence-corrected chi connectivity index (χ2v) is 6.53. The van der Waals surface area contributed by atoms with E-state index in [9.17, 15) is 5.11 Å². The quantitative estimate of drug-likeness (QED) is 0.860. The van der Waals surface area contributed by atoms with E-state index >= 15 is 0 Å². The Morgan fingerprint density at radius 2 is 1.90 bits per heavy atom. The van der Waals surface area contributed by atoms with Crippen LogP contribution in [-0.4, -0.2) is 45.5 Å². The van der Waals surface area contributed by atoms with Gasteiger partial charge >= 0.3 is 0 Å². The fourth-order valence-corrected chi connectivity index (χ4v) is 3.66. The first kappa shape index (κ1) is 15.5. The van der Waals surface area contributed by atoms with Crippen molar-refractivity contribution in [3.05, 3.63) is 17.5 Å². The van der Waals surface area contributed by atoms with Crippen LogP contribution in [0.4, 0.5) is 0 Å². The Labute approximate surface area is 122 Å². The van der Waals surface area contributed by atoms with Crippen molar-refractivity contribution in [1.82, 2.24) is 14.7 Å². The van der Waals surface area contributed by atoms with Gasteiger partial charge in [0.15, 0.2) is 0 Å². The molecule has 1 aromatic heterocycles. The molecule has 1 aromatic rings. The van der Waals surface area contributed by atoms with Crippen LogP contribution in [0.5, 0.6) is 0 Å². The van der Waals surface area contributed by atoms with Crippen LogP contribution >= 0.6 is 0 Å². The molecule has 0 aromatic carbocycles. The molecule has 1 aliphatic rings.